The minimum Gasteiger partial charge on any atom is -0.497 e. The van der Waals surface area contributed by atoms with Gasteiger partial charge in [-0.25, -0.2) is 9.97 Å². The number of aromatic nitrogens is 3. The van der Waals surface area contributed by atoms with Gasteiger partial charge < -0.3 is 18.9 Å². The minimum atomic E-state index is -0.0512. The Hall–Kier alpha value is -2.62. The standard InChI is InChI=1S/C23H28N4O4S/c1-15-20(24-22(31-15)16-5-7-17(30-3)8-6-16)14-32-23-25-19-9-11-27(10-4-12-29-2)13-18(19)21(28)26-23/h5-8H,4,9-14H2,1-3H3,(H,25,26,28). The molecule has 0 spiro atoms. The molecule has 0 saturated carbocycles. The lowest BCUT2D eigenvalue weighted by Gasteiger charge is -2.27. The van der Waals surface area contributed by atoms with Crippen molar-refractivity contribution in [3.63, 3.8) is 0 Å². The summed E-state index contributed by atoms with van der Waals surface area (Å²) in [5.74, 6) is 2.68. The second-order valence-corrected chi connectivity index (χ2v) is 8.67. The largest absolute Gasteiger partial charge is 0.497 e. The van der Waals surface area contributed by atoms with E-state index in [0.717, 1.165) is 66.6 Å². The van der Waals surface area contributed by atoms with Crippen molar-refractivity contribution in [1.29, 1.82) is 0 Å². The highest BCUT2D eigenvalue weighted by atomic mass is 32.2. The number of thioether (sulfide) groups is 1. The van der Waals surface area contributed by atoms with Crippen LogP contribution >= 0.6 is 11.8 Å². The number of benzene rings is 1. The van der Waals surface area contributed by atoms with Crippen LogP contribution in [0, 0.1) is 6.92 Å². The summed E-state index contributed by atoms with van der Waals surface area (Å²) in [5.41, 5.74) is 3.35. The van der Waals surface area contributed by atoms with E-state index in [9.17, 15) is 4.79 Å². The smallest absolute Gasteiger partial charge is 0.256 e. The number of nitrogens with zero attached hydrogens (tertiary/aromatic N) is 3. The van der Waals surface area contributed by atoms with Crippen molar-refractivity contribution in [2.24, 2.45) is 0 Å². The molecule has 1 aromatic carbocycles. The number of rotatable bonds is 9. The SMILES string of the molecule is COCCCN1CCc2nc(SCc3nc(-c4ccc(OC)cc4)oc3C)[nH]c(=O)c2C1. The van der Waals surface area contributed by atoms with Crippen molar-refractivity contribution >= 4 is 11.8 Å². The lowest BCUT2D eigenvalue weighted by molar-refractivity contribution is 0.166. The molecule has 170 valence electrons. The summed E-state index contributed by atoms with van der Waals surface area (Å²) in [4.78, 5) is 27.3. The molecule has 0 saturated heterocycles. The molecule has 2 aromatic heterocycles. The van der Waals surface area contributed by atoms with E-state index in [4.69, 9.17) is 18.9 Å². The molecule has 32 heavy (non-hydrogen) atoms. The van der Waals surface area contributed by atoms with E-state index in [0.29, 0.717) is 23.3 Å². The fraction of sp³-hybridized carbons (Fsp3) is 0.435. The van der Waals surface area contributed by atoms with Gasteiger partial charge in [-0.2, -0.15) is 0 Å². The van der Waals surface area contributed by atoms with E-state index in [2.05, 4.69) is 14.9 Å². The van der Waals surface area contributed by atoms with E-state index in [1.54, 1.807) is 14.2 Å². The topological polar surface area (TPSA) is 93.5 Å². The molecular formula is C23H28N4O4S. The molecule has 1 N–H and O–H groups in total. The summed E-state index contributed by atoms with van der Waals surface area (Å²) in [7, 11) is 3.34. The van der Waals surface area contributed by atoms with Crippen LogP contribution in [0.5, 0.6) is 5.75 Å². The highest BCUT2D eigenvalue weighted by Crippen LogP contribution is 2.27. The molecule has 3 heterocycles. The molecule has 0 bridgehead atoms. The number of ether oxygens (including phenoxy) is 2. The molecule has 0 atom stereocenters. The fourth-order valence-electron chi connectivity index (χ4n) is 3.71. The molecule has 3 aromatic rings. The third-order valence-corrected chi connectivity index (χ3v) is 6.41. The van der Waals surface area contributed by atoms with Crippen molar-refractivity contribution in [2.45, 2.75) is 37.2 Å². The number of oxazole rings is 1. The fourth-order valence-corrected chi connectivity index (χ4v) is 4.59. The first kappa shape index (κ1) is 22.6. The van der Waals surface area contributed by atoms with Gasteiger partial charge in [0.2, 0.25) is 5.89 Å². The predicted octanol–water partition coefficient (Wildman–Crippen LogP) is 3.43. The first-order valence-electron chi connectivity index (χ1n) is 10.6. The molecule has 9 heteroatoms. The highest BCUT2D eigenvalue weighted by Gasteiger charge is 2.21. The van der Waals surface area contributed by atoms with E-state index < -0.39 is 0 Å². The van der Waals surface area contributed by atoms with E-state index in [-0.39, 0.29) is 5.56 Å². The van der Waals surface area contributed by atoms with E-state index >= 15 is 0 Å². The van der Waals surface area contributed by atoms with Crippen LogP contribution in [-0.2, 0) is 23.5 Å². The number of aryl methyl sites for hydroxylation is 1. The van der Waals surface area contributed by atoms with E-state index in [1.807, 2.05) is 31.2 Å². The van der Waals surface area contributed by atoms with Crippen LogP contribution in [0.25, 0.3) is 11.5 Å². The van der Waals surface area contributed by atoms with Gasteiger partial charge in [0.1, 0.15) is 11.5 Å². The summed E-state index contributed by atoms with van der Waals surface area (Å²) in [6, 6.07) is 7.60. The number of aromatic amines is 1. The number of hydrogen-bond acceptors (Lipinski definition) is 8. The summed E-state index contributed by atoms with van der Waals surface area (Å²) in [5, 5.41) is 0.620. The zero-order chi connectivity index (χ0) is 22.5. The van der Waals surface area contributed by atoms with Crippen LogP contribution in [0.2, 0.25) is 0 Å². The quantitative estimate of drug-likeness (QED) is 0.297. The van der Waals surface area contributed by atoms with Gasteiger partial charge in [0.25, 0.3) is 5.56 Å². The number of hydrogen-bond donors (Lipinski definition) is 1. The van der Waals surface area contributed by atoms with E-state index in [1.165, 1.54) is 11.8 Å². The van der Waals surface area contributed by atoms with Gasteiger partial charge in [0.15, 0.2) is 5.16 Å². The first-order valence-corrected chi connectivity index (χ1v) is 11.6. The molecule has 0 fully saturated rings. The van der Waals surface area contributed by atoms with Crippen molar-refractivity contribution in [2.75, 3.05) is 33.9 Å². The summed E-state index contributed by atoms with van der Waals surface area (Å²) in [6.45, 7) is 5.10. The molecule has 0 amide bonds. The van der Waals surface area contributed by atoms with Crippen molar-refractivity contribution in [1.82, 2.24) is 19.9 Å². The lowest BCUT2D eigenvalue weighted by Crippen LogP contribution is -2.36. The molecule has 8 nitrogen and oxygen atoms in total. The van der Waals surface area contributed by atoms with Gasteiger partial charge in [-0.15, -0.1) is 0 Å². The van der Waals surface area contributed by atoms with Crippen LogP contribution in [0.4, 0.5) is 0 Å². The summed E-state index contributed by atoms with van der Waals surface area (Å²) in [6.07, 6.45) is 1.74. The first-order chi connectivity index (χ1) is 15.6. The monoisotopic (exact) mass is 456 g/mol. The van der Waals surface area contributed by atoms with Gasteiger partial charge in [0, 0.05) is 51.1 Å². The van der Waals surface area contributed by atoms with Gasteiger partial charge in [-0.1, -0.05) is 11.8 Å². The number of fused-ring (bicyclic) bond motifs is 1. The van der Waals surface area contributed by atoms with Crippen LogP contribution in [0.15, 0.2) is 38.6 Å². The van der Waals surface area contributed by atoms with Crippen LogP contribution in [0.3, 0.4) is 0 Å². The lowest BCUT2D eigenvalue weighted by atomic mass is 10.1. The Morgan fingerprint density at radius 3 is 2.78 bits per heavy atom. The predicted molar refractivity (Wildman–Crippen MR) is 123 cm³/mol. The average Bonchev–Trinajstić information content (AvgIpc) is 3.18. The van der Waals surface area contributed by atoms with Gasteiger partial charge >= 0.3 is 0 Å². The van der Waals surface area contributed by atoms with Gasteiger partial charge in [-0.05, 0) is 37.6 Å². The Bertz CT molecular complexity index is 1110. The molecule has 0 unspecified atom stereocenters. The van der Waals surface area contributed by atoms with Crippen molar-refractivity contribution in [3.05, 3.63) is 57.3 Å². The second kappa shape index (κ2) is 10.3. The van der Waals surface area contributed by atoms with Crippen molar-refractivity contribution < 1.29 is 13.9 Å². The Balaban J connectivity index is 1.42. The zero-order valence-electron chi connectivity index (χ0n) is 18.6. The molecule has 1 aliphatic heterocycles. The van der Waals surface area contributed by atoms with Crippen molar-refractivity contribution in [3.8, 4) is 17.2 Å². The Labute approximate surface area is 191 Å². The normalized spacial score (nSPS) is 13.8. The average molecular weight is 457 g/mol. The highest BCUT2D eigenvalue weighted by molar-refractivity contribution is 7.98. The molecular weight excluding hydrogens is 428 g/mol. The molecule has 1 aliphatic rings. The number of nitrogens with one attached hydrogen (secondary N) is 1. The summed E-state index contributed by atoms with van der Waals surface area (Å²) < 4.78 is 16.2. The van der Waals surface area contributed by atoms with Crippen LogP contribution < -0.4 is 10.3 Å². The number of H-pyrrole nitrogens is 1. The molecule has 4 rings (SSSR count). The molecule has 0 aliphatic carbocycles. The summed E-state index contributed by atoms with van der Waals surface area (Å²) >= 11 is 1.47. The molecule has 0 radical (unpaired) electrons. The number of methoxy groups -OCH3 is 2. The second-order valence-electron chi connectivity index (χ2n) is 7.71. The Morgan fingerprint density at radius 1 is 1.22 bits per heavy atom. The Kier molecular flexibility index (Phi) is 7.29. The maximum absolute atomic E-state index is 12.7. The maximum atomic E-state index is 12.7. The van der Waals surface area contributed by atoms with Crippen LogP contribution in [0.1, 0.15) is 29.1 Å². The Morgan fingerprint density at radius 2 is 2.03 bits per heavy atom. The van der Waals surface area contributed by atoms with Gasteiger partial charge in [-0.3, -0.25) is 9.69 Å². The maximum Gasteiger partial charge on any atom is 0.256 e. The zero-order valence-corrected chi connectivity index (χ0v) is 19.5. The van der Waals surface area contributed by atoms with Crippen LogP contribution in [-0.4, -0.2) is 53.8 Å². The minimum absolute atomic E-state index is 0.0512. The van der Waals surface area contributed by atoms with Gasteiger partial charge in [0.05, 0.1) is 24.1 Å². The third kappa shape index (κ3) is 5.23. The third-order valence-electron chi connectivity index (χ3n) is 5.52.